The van der Waals surface area contributed by atoms with E-state index in [0.29, 0.717) is 35.2 Å². The largest absolute Gasteiger partial charge is 0.348 e. The van der Waals surface area contributed by atoms with Crippen LogP contribution in [0.2, 0.25) is 5.02 Å². The summed E-state index contributed by atoms with van der Waals surface area (Å²) in [6.45, 7) is 1.29. The van der Waals surface area contributed by atoms with Gasteiger partial charge in [-0.05, 0) is 49.2 Å². The zero-order valence-electron chi connectivity index (χ0n) is 14.6. The van der Waals surface area contributed by atoms with E-state index in [1.165, 1.54) is 4.68 Å². The summed E-state index contributed by atoms with van der Waals surface area (Å²) in [6, 6.07) is 16.3. The van der Waals surface area contributed by atoms with Crippen molar-refractivity contribution in [3.05, 3.63) is 81.5 Å². The molecule has 2 heterocycles. The Morgan fingerprint density at radius 3 is 2.37 bits per heavy atom. The topological polar surface area (TPSA) is 71.0 Å². The first-order valence-corrected chi connectivity index (χ1v) is 9.29. The summed E-state index contributed by atoms with van der Waals surface area (Å²) in [5.74, 6) is 0.849. The van der Waals surface area contributed by atoms with E-state index in [-0.39, 0.29) is 17.5 Å². The highest BCUT2D eigenvalue weighted by Crippen LogP contribution is 2.26. The normalized spacial score (nSPS) is 15.1. The lowest BCUT2D eigenvalue weighted by Crippen LogP contribution is -2.38. The van der Waals surface area contributed by atoms with Crippen molar-refractivity contribution in [3.8, 4) is 5.69 Å². The third-order valence-corrected chi connectivity index (χ3v) is 5.15. The highest BCUT2D eigenvalue weighted by atomic mass is 35.5. The number of piperidine rings is 1. The van der Waals surface area contributed by atoms with E-state index in [2.05, 4.69) is 10.1 Å². The summed E-state index contributed by atoms with van der Waals surface area (Å²) in [7, 11) is 0. The minimum absolute atomic E-state index is 0.0502. The lowest BCUT2D eigenvalue weighted by molar-refractivity contribution is 0.0711. The van der Waals surface area contributed by atoms with Crippen LogP contribution in [0.3, 0.4) is 0 Å². The highest BCUT2D eigenvalue weighted by molar-refractivity contribution is 6.30. The number of H-pyrrole nitrogens is 1. The van der Waals surface area contributed by atoms with Gasteiger partial charge in [0.1, 0.15) is 5.82 Å². The number of aromatic amines is 1. The first kappa shape index (κ1) is 17.5. The molecule has 2 aromatic carbocycles. The predicted octanol–water partition coefficient (Wildman–Crippen LogP) is 3.23. The fraction of sp³-hybridized carbons (Fsp3) is 0.250. The van der Waals surface area contributed by atoms with Gasteiger partial charge in [-0.25, -0.2) is 4.79 Å². The number of hydrogen-bond acceptors (Lipinski definition) is 3. The fourth-order valence-electron chi connectivity index (χ4n) is 3.40. The zero-order valence-corrected chi connectivity index (χ0v) is 15.4. The second-order valence-electron chi connectivity index (χ2n) is 6.64. The van der Waals surface area contributed by atoms with Gasteiger partial charge in [-0.15, -0.1) is 5.10 Å². The average molecular weight is 383 g/mol. The maximum absolute atomic E-state index is 12.6. The maximum atomic E-state index is 12.6. The van der Waals surface area contributed by atoms with Crippen LogP contribution < -0.4 is 5.69 Å². The molecule has 0 radical (unpaired) electrons. The molecule has 0 unspecified atom stereocenters. The Morgan fingerprint density at radius 2 is 1.70 bits per heavy atom. The molecule has 0 atom stereocenters. The van der Waals surface area contributed by atoms with Crippen molar-refractivity contribution in [1.82, 2.24) is 19.7 Å². The molecule has 1 aromatic heterocycles. The monoisotopic (exact) mass is 382 g/mol. The molecular formula is C20H19ClN4O2. The minimum atomic E-state index is -0.268. The van der Waals surface area contributed by atoms with Gasteiger partial charge in [-0.1, -0.05) is 29.8 Å². The summed E-state index contributed by atoms with van der Waals surface area (Å²) in [6.07, 6.45) is 1.54. The molecule has 1 aliphatic heterocycles. The number of hydrogen-bond donors (Lipinski definition) is 1. The van der Waals surface area contributed by atoms with Gasteiger partial charge in [0.2, 0.25) is 0 Å². The lowest BCUT2D eigenvalue weighted by Gasteiger charge is -2.31. The van der Waals surface area contributed by atoms with Crippen molar-refractivity contribution in [3.63, 3.8) is 0 Å². The number of amides is 1. The van der Waals surface area contributed by atoms with Gasteiger partial charge in [0.25, 0.3) is 5.91 Å². The Morgan fingerprint density at radius 1 is 1.04 bits per heavy atom. The SMILES string of the molecule is O=C(c1ccccc1)N1CCC(c2nn(-c3ccc(Cl)cc3)c(=O)[nH]2)CC1. The molecule has 1 amide bonds. The molecule has 4 rings (SSSR count). The van der Waals surface area contributed by atoms with Crippen LogP contribution in [0.25, 0.3) is 5.69 Å². The van der Waals surface area contributed by atoms with Gasteiger partial charge in [0.15, 0.2) is 0 Å². The summed E-state index contributed by atoms with van der Waals surface area (Å²) in [4.78, 5) is 29.5. The molecule has 0 saturated carbocycles. The van der Waals surface area contributed by atoms with Gasteiger partial charge < -0.3 is 4.90 Å². The summed E-state index contributed by atoms with van der Waals surface area (Å²) >= 11 is 5.90. The van der Waals surface area contributed by atoms with Crippen molar-refractivity contribution in [2.75, 3.05) is 13.1 Å². The number of likely N-dealkylation sites (tertiary alicyclic amines) is 1. The smallest absolute Gasteiger partial charge is 0.339 e. The first-order chi connectivity index (χ1) is 13.1. The molecule has 0 bridgehead atoms. The number of nitrogens with one attached hydrogen (secondary N) is 1. The fourth-order valence-corrected chi connectivity index (χ4v) is 3.53. The van der Waals surface area contributed by atoms with Crippen molar-refractivity contribution >= 4 is 17.5 Å². The highest BCUT2D eigenvalue weighted by Gasteiger charge is 2.27. The second kappa shape index (κ2) is 7.40. The number of halogens is 1. The Bertz CT molecular complexity index is 987. The number of rotatable bonds is 3. The van der Waals surface area contributed by atoms with Crippen molar-refractivity contribution in [1.29, 1.82) is 0 Å². The number of nitrogens with zero attached hydrogens (tertiary/aromatic N) is 3. The number of aromatic nitrogens is 3. The molecule has 1 aliphatic rings. The molecule has 1 N–H and O–H groups in total. The van der Waals surface area contributed by atoms with Gasteiger partial charge in [-0.2, -0.15) is 4.68 Å². The lowest BCUT2D eigenvalue weighted by atomic mass is 9.95. The number of carbonyl (C=O) groups is 1. The van der Waals surface area contributed by atoms with Gasteiger partial charge in [-0.3, -0.25) is 9.78 Å². The van der Waals surface area contributed by atoms with E-state index in [0.717, 1.165) is 12.8 Å². The van der Waals surface area contributed by atoms with Crippen molar-refractivity contribution in [2.24, 2.45) is 0 Å². The number of carbonyl (C=O) groups excluding carboxylic acids is 1. The molecule has 1 saturated heterocycles. The van der Waals surface area contributed by atoms with Crippen molar-refractivity contribution < 1.29 is 4.79 Å². The Balaban J connectivity index is 1.46. The van der Waals surface area contributed by atoms with E-state index >= 15 is 0 Å². The van der Waals surface area contributed by atoms with Crippen LogP contribution in [-0.2, 0) is 0 Å². The quantitative estimate of drug-likeness (QED) is 0.756. The van der Waals surface area contributed by atoms with E-state index in [4.69, 9.17) is 11.6 Å². The van der Waals surface area contributed by atoms with Crippen LogP contribution in [0, 0.1) is 0 Å². The number of benzene rings is 2. The molecule has 3 aromatic rings. The van der Waals surface area contributed by atoms with E-state index in [1.54, 1.807) is 24.3 Å². The van der Waals surface area contributed by atoms with Crippen molar-refractivity contribution in [2.45, 2.75) is 18.8 Å². The standard InChI is InChI=1S/C20H19ClN4O2/c21-16-6-8-17(9-7-16)25-20(27)22-18(23-25)14-10-12-24(13-11-14)19(26)15-4-2-1-3-5-15/h1-9,14H,10-13H2,(H,22,23,27). The van der Waals surface area contributed by atoms with E-state index in [9.17, 15) is 9.59 Å². The molecule has 6 nitrogen and oxygen atoms in total. The molecule has 0 spiro atoms. The van der Waals surface area contributed by atoms with Crippen LogP contribution >= 0.6 is 11.6 Å². The first-order valence-electron chi connectivity index (χ1n) is 8.91. The summed E-state index contributed by atoms with van der Waals surface area (Å²) < 4.78 is 1.35. The summed E-state index contributed by atoms with van der Waals surface area (Å²) in [5, 5.41) is 5.07. The average Bonchev–Trinajstić information content (AvgIpc) is 3.10. The zero-order chi connectivity index (χ0) is 18.8. The minimum Gasteiger partial charge on any atom is -0.339 e. The van der Waals surface area contributed by atoms with Crippen LogP contribution in [0.15, 0.2) is 59.4 Å². The van der Waals surface area contributed by atoms with E-state index in [1.807, 2.05) is 35.2 Å². The van der Waals surface area contributed by atoms with Crippen LogP contribution in [0.1, 0.15) is 34.9 Å². The van der Waals surface area contributed by atoms with Crippen LogP contribution in [0.5, 0.6) is 0 Å². The maximum Gasteiger partial charge on any atom is 0.348 e. The molecule has 27 heavy (non-hydrogen) atoms. The Labute approximate surface area is 161 Å². The molecule has 0 aliphatic carbocycles. The molecule has 7 heteroatoms. The van der Waals surface area contributed by atoms with Gasteiger partial charge >= 0.3 is 5.69 Å². The molecule has 138 valence electrons. The Kier molecular flexibility index (Phi) is 4.81. The summed E-state index contributed by atoms with van der Waals surface area (Å²) in [5.41, 5.74) is 1.11. The molecule has 1 fully saturated rings. The predicted molar refractivity (Wildman–Crippen MR) is 104 cm³/mol. The van der Waals surface area contributed by atoms with Gasteiger partial charge in [0.05, 0.1) is 5.69 Å². The van der Waals surface area contributed by atoms with Crippen LogP contribution in [0.4, 0.5) is 0 Å². The van der Waals surface area contributed by atoms with Crippen LogP contribution in [-0.4, -0.2) is 38.7 Å². The van der Waals surface area contributed by atoms with E-state index < -0.39 is 0 Å². The third-order valence-electron chi connectivity index (χ3n) is 4.90. The second-order valence-corrected chi connectivity index (χ2v) is 7.07. The van der Waals surface area contributed by atoms with Gasteiger partial charge in [0, 0.05) is 29.6 Å². The third kappa shape index (κ3) is 3.66. The molecular weight excluding hydrogens is 364 g/mol. The Hall–Kier alpha value is -2.86.